The summed E-state index contributed by atoms with van der Waals surface area (Å²) in [6.07, 6.45) is 0.656. The van der Waals surface area contributed by atoms with Crippen molar-refractivity contribution in [2.75, 3.05) is 31.1 Å². The number of carbonyl (C=O) groups is 2. The molecule has 1 atom stereocenters. The molecule has 25 heavy (non-hydrogen) atoms. The van der Waals surface area contributed by atoms with E-state index in [9.17, 15) is 14.0 Å². The molecule has 4 rings (SSSR count). The summed E-state index contributed by atoms with van der Waals surface area (Å²) in [5, 5.41) is 1.88. The predicted molar refractivity (Wildman–Crippen MR) is 92.3 cm³/mol. The van der Waals surface area contributed by atoms with Gasteiger partial charge in [-0.15, -0.1) is 11.3 Å². The molecule has 3 heterocycles. The molecule has 0 bridgehead atoms. The summed E-state index contributed by atoms with van der Waals surface area (Å²) in [5.74, 6) is -0.587. The molecule has 1 aromatic heterocycles. The van der Waals surface area contributed by atoms with E-state index in [0.29, 0.717) is 36.6 Å². The first-order valence-corrected chi connectivity index (χ1v) is 8.97. The zero-order chi connectivity index (χ0) is 17.4. The van der Waals surface area contributed by atoms with Crippen molar-refractivity contribution < 1.29 is 18.7 Å². The number of amides is 2. The van der Waals surface area contributed by atoms with E-state index in [2.05, 4.69) is 0 Å². The minimum atomic E-state index is -0.590. The third kappa shape index (κ3) is 3.05. The van der Waals surface area contributed by atoms with E-state index >= 15 is 0 Å². The van der Waals surface area contributed by atoms with Gasteiger partial charge >= 0.3 is 0 Å². The molecule has 1 spiro atoms. The van der Waals surface area contributed by atoms with Crippen molar-refractivity contribution in [2.45, 2.75) is 12.0 Å². The number of hydrogen-bond donors (Lipinski definition) is 0. The van der Waals surface area contributed by atoms with Gasteiger partial charge in [0.25, 0.3) is 11.8 Å². The molecule has 0 saturated carbocycles. The van der Waals surface area contributed by atoms with Crippen molar-refractivity contribution in [3.8, 4) is 0 Å². The highest BCUT2D eigenvalue weighted by molar-refractivity contribution is 7.12. The molecule has 1 unspecified atom stereocenters. The molecular weight excluding hydrogens is 343 g/mol. The van der Waals surface area contributed by atoms with E-state index in [1.165, 1.54) is 23.5 Å². The van der Waals surface area contributed by atoms with Crippen molar-refractivity contribution in [3.63, 3.8) is 0 Å². The van der Waals surface area contributed by atoms with E-state index < -0.39 is 5.60 Å². The van der Waals surface area contributed by atoms with Crippen molar-refractivity contribution in [3.05, 3.63) is 52.5 Å². The molecule has 0 N–H and O–H groups in total. The molecule has 5 nitrogen and oxygen atoms in total. The van der Waals surface area contributed by atoms with Crippen molar-refractivity contribution in [2.24, 2.45) is 0 Å². The van der Waals surface area contributed by atoms with Crippen LogP contribution in [0, 0.1) is 5.82 Å². The maximum atomic E-state index is 13.5. The fourth-order valence-corrected chi connectivity index (χ4v) is 4.11. The van der Waals surface area contributed by atoms with Crippen molar-refractivity contribution in [1.82, 2.24) is 4.90 Å². The Labute approximate surface area is 148 Å². The summed E-state index contributed by atoms with van der Waals surface area (Å²) in [5.41, 5.74) is -0.0663. The highest BCUT2D eigenvalue weighted by Crippen LogP contribution is 2.33. The highest BCUT2D eigenvalue weighted by Gasteiger charge is 2.46. The third-order valence-electron chi connectivity index (χ3n) is 4.70. The lowest BCUT2D eigenvalue weighted by molar-refractivity contribution is -0.137. The smallest absolute Gasteiger partial charge is 0.264 e. The van der Waals surface area contributed by atoms with Crippen LogP contribution in [-0.2, 0) is 9.53 Å². The number of rotatable bonds is 2. The maximum Gasteiger partial charge on any atom is 0.264 e. The van der Waals surface area contributed by atoms with Gasteiger partial charge in [0.15, 0.2) is 0 Å². The molecule has 2 fully saturated rings. The fourth-order valence-electron chi connectivity index (χ4n) is 3.41. The van der Waals surface area contributed by atoms with Gasteiger partial charge in [0, 0.05) is 12.2 Å². The minimum absolute atomic E-state index is 0.00956. The van der Waals surface area contributed by atoms with E-state index in [-0.39, 0.29) is 24.2 Å². The zero-order valence-electron chi connectivity index (χ0n) is 13.5. The van der Waals surface area contributed by atoms with Gasteiger partial charge < -0.3 is 14.5 Å². The number of halogens is 1. The lowest BCUT2D eigenvalue weighted by atomic mass is 10.00. The number of benzene rings is 1. The van der Waals surface area contributed by atoms with Crippen LogP contribution in [0.25, 0.3) is 0 Å². The number of carbonyl (C=O) groups excluding carboxylic acids is 2. The highest BCUT2D eigenvalue weighted by atomic mass is 32.1. The standard InChI is InChI=1S/C18H17FN2O3S/c19-13-3-1-4-14(9-13)21-12-18(24-10-16(21)22)6-7-20(11-18)17(23)15-5-2-8-25-15/h1-5,8-9H,6-7,10-12H2. The first kappa shape index (κ1) is 16.2. The molecule has 0 aliphatic carbocycles. The van der Waals surface area contributed by atoms with Gasteiger partial charge in [0.2, 0.25) is 0 Å². The van der Waals surface area contributed by atoms with Crippen LogP contribution in [-0.4, -0.2) is 48.6 Å². The lowest BCUT2D eigenvalue weighted by Crippen LogP contribution is -2.56. The lowest BCUT2D eigenvalue weighted by Gasteiger charge is -2.40. The fraction of sp³-hybridized carbons (Fsp3) is 0.333. The summed E-state index contributed by atoms with van der Waals surface area (Å²) < 4.78 is 19.4. The summed E-state index contributed by atoms with van der Waals surface area (Å²) in [6.45, 7) is 1.28. The molecule has 130 valence electrons. The Morgan fingerprint density at radius 1 is 1.24 bits per heavy atom. The second kappa shape index (κ2) is 6.24. The van der Waals surface area contributed by atoms with Crippen LogP contribution in [0.2, 0.25) is 0 Å². The van der Waals surface area contributed by atoms with E-state index in [4.69, 9.17) is 4.74 Å². The number of nitrogens with zero attached hydrogens (tertiary/aromatic N) is 2. The van der Waals surface area contributed by atoms with Crippen molar-refractivity contribution in [1.29, 1.82) is 0 Å². The Bertz CT molecular complexity index is 810. The average molecular weight is 360 g/mol. The van der Waals surface area contributed by atoms with E-state index in [1.807, 2.05) is 17.5 Å². The molecule has 0 radical (unpaired) electrons. The molecule has 2 saturated heterocycles. The number of ether oxygens (including phenoxy) is 1. The van der Waals surface area contributed by atoms with Crippen LogP contribution in [0.3, 0.4) is 0 Å². The van der Waals surface area contributed by atoms with Gasteiger partial charge in [-0.3, -0.25) is 9.59 Å². The Balaban J connectivity index is 1.53. The number of likely N-dealkylation sites (tertiary alicyclic amines) is 1. The second-order valence-electron chi connectivity index (χ2n) is 6.39. The van der Waals surface area contributed by atoms with Crippen molar-refractivity contribution >= 4 is 28.8 Å². The van der Waals surface area contributed by atoms with Gasteiger partial charge in [0.05, 0.1) is 18.0 Å². The Morgan fingerprint density at radius 3 is 2.88 bits per heavy atom. The van der Waals surface area contributed by atoms with E-state index in [0.717, 1.165) is 0 Å². The minimum Gasteiger partial charge on any atom is -0.361 e. The second-order valence-corrected chi connectivity index (χ2v) is 7.33. The SMILES string of the molecule is O=C(c1cccs1)N1CCC2(C1)CN(c1cccc(F)c1)C(=O)CO2. The normalized spacial score (nSPS) is 23.5. The third-order valence-corrected chi connectivity index (χ3v) is 5.56. The van der Waals surface area contributed by atoms with Gasteiger partial charge in [-0.05, 0) is 36.1 Å². The van der Waals surface area contributed by atoms with Crippen LogP contribution in [0.1, 0.15) is 16.1 Å². The number of hydrogen-bond acceptors (Lipinski definition) is 4. The first-order valence-electron chi connectivity index (χ1n) is 8.09. The molecular formula is C18H17FN2O3S. The molecule has 2 amide bonds. The van der Waals surface area contributed by atoms with E-state index in [1.54, 1.807) is 21.9 Å². The van der Waals surface area contributed by atoms with Gasteiger partial charge in [-0.1, -0.05) is 12.1 Å². The molecule has 1 aromatic carbocycles. The molecule has 2 aliphatic heterocycles. The quantitative estimate of drug-likeness (QED) is 0.827. The van der Waals surface area contributed by atoms with Gasteiger partial charge in [-0.2, -0.15) is 0 Å². The summed E-state index contributed by atoms with van der Waals surface area (Å²) in [6, 6.07) is 9.65. The number of thiophene rings is 1. The predicted octanol–water partition coefficient (Wildman–Crippen LogP) is 2.54. The first-order chi connectivity index (χ1) is 12.1. The number of morpholine rings is 1. The molecule has 2 aromatic rings. The Kier molecular flexibility index (Phi) is 4.05. The van der Waals surface area contributed by atoms with Crippen LogP contribution >= 0.6 is 11.3 Å². The van der Waals surface area contributed by atoms with Crippen LogP contribution in [0.5, 0.6) is 0 Å². The summed E-state index contributed by atoms with van der Waals surface area (Å²) in [4.78, 5) is 28.8. The Hall–Kier alpha value is -2.25. The van der Waals surface area contributed by atoms with Gasteiger partial charge in [0.1, 0.15) is 18.0 Å². The Morgan fingerprint density at radius 2 is 2.12 bits per heavy atom. The van der Waals surface area contributed by atoms with Crippen LogP contribution < -0.4 is 4.90 Å². The van der Waals surface area contributed by atoms with Crippen LogP contribution in [0.15, 0.2) is 41.8 Å². The summed E-state index contributed by atoms with van der Waals surface area (Å²) in [7, 11) is 0. The number of anilines is 1. The topological polar surface area (TPSA) is 49.9 Å². The molecule has 7 heteroatoms. The summed E-state index contributed by atoms with van der Waals surface area (Å²) >= 11 is 1.41. The maximum absolute atomic E-state index is 13.5. The van der Waals surface area contributed by atoms with Crippen LogP contribution in [0.4, 0.5) is 10.1 Å². The average Bonchev–Trinajstić information content (AvgIpc) is 3.27. The van der Waals surface area contributed by atoms with Gasteiger partial charge in [-0.25, -0.2) is 4.39 Å². The molecule has 2 aliphatic rings. The zero-order valence-corrected chi connectivity index (χ0v) is 14.3. The monoisotopic (exact) mass is 360 g/mol. The largest absolute Gasteiger partial charge is 0.361 e.